The summed E-state index contributed by atoms with van der Waals surface area (Å²) in [5, 5.41) is 5.82. The Morgan fingerprint density at radius 1 is 0.640 bits per heavy atom. The van der Waals surface area contributed by atoms with Gasteiger partial charge in [0.1, 0.15) is 11.7 Å². The molecule has 0 aliphatic carbocycles. The Morgan fingerprint density at radius 2 is 1.24 bits per heavy atom. The lowest BCUT2D eigenvalue weighted by atomic mass is 9.98. The molecule has 0 spiro atoms. The van der Waals surface area contributed by atoms with Crippen LogP contribution < -0.4 is 15.4 Å². The highest BCUT2D eigenvalue weighted by molar-refractivity contribution is 6.05. The fourth-order valence-electron chi connectivity index (χ4n) is 5.74. The van der Waals surface area contributed by atoms with E-state index in [2.05, 4.69) is 17.6 Å². The van der Waals surface area contributed by atoms with Crippen molar-refractivity contribution in [1.29, 1.82) is 0 Å². The first kappa shape index (κ1) is 42.3. The van der Waals surface area contributed by atoms with Crippen LogP contribution in [0.25, 0.3) is 0 Å². The maximum Gasteiger partial charge on any atom is 0.318 e. The van der Waals surface area contributed by atoms with Gasteiger partial charge in [0, 0.05) is 18.5 Å². The fourth-order valence-corrected chi connectivity index (χ4v) is 5.74. The number of nitrogens with one attached hydrogen (secondary N) is 2. The lowest BCUT2D eigenvalue weighted by Crippen LogP contribution is -2.33. The van der Waals surface area contributed by atoms with Crippen LogP contribution in [0.3, 0.4) is 0 Å². The average Bonchev–Trinajstić information content (AvgIpc) is 3.10. The van der Waals surface area contributed by atoms with Gasteiger partial charge in [-0.3, -0.25) is 19.2 Å². The molecule has 0 aromatic heterocycles. The van der Waals surface area contributed by atoms with Crippen molar-refractivity contribution in [2.75, 3.05) is 30.5 Å². The highest BCUT2D eigenvalue weighted by Gasteiger charge is 2.28. The first-order valence-corrected chi connectivity index (χ1v) is 19.1. The summed E-state index contributed by atoms with van der Waals surface area (Å²) in [7, 11) is 0. The number of hydrogen-bond acceptors (Lipinski definition) is 7. The molecule has 9 heteroatoms. The second kappa shape index (κ2) is 26.9. The molecular weight excluding hydrogens is 632 g/mol. The van der Waals surface area contributed by atoms with E-state index in [1.54, 1.807) is 32.0 Å². The van der Waals surface area contributed by atoms with Crippen LogP contribution in [0, 0.1) is 5.92 Å². The third kappa shape index (κ3) is 18.8. The number of benzene rings is 2. The maximum absolute atomic E-state index is 13.4. The maximum atomic E-state index is 13.4. The number of carbonyl (C=O) groups is 4. The van der Waals surface area contributed by atoms with E-state index in [4.69, 9.17) is 14.2 Å². The Hall–Kier alpha value is -3.88. The number of amides is 2. The quantitative estimate of drug-likeness (QED) is 0.0517. The first-order chi connectivity index (χ1) is 24.4. The summed E-state index contributed by atoms with van der Waals surface area (Å²) >= 11 is 0. The molecular formula is C41H62N2O7. The molecule has 1 atom stereocenters. The van der Waals surface area contributed by atoms with Gasteiger partial charge >= 0.3 is 11.9 Å². The van der Waals surface area contributed by atoms with Crippen LogP contribution >= 0.6 is 0 Å². The molecule has 0 bridgehead atoms. The monoisotopic (exact) mass is 694 g/mol. The van der Waals surface area contributed by atoms with Crippen molar-refractivity contribution in [1.82, 2.24) is 0 Å². The minimum absolute atomic E-state index is 0.128. The second-order valence-electron chi connectivity index (χ2n) is 12.8. The van der Waals surface area contributed by atoms with Crippen molar-refractivity contribution in [2.24, 2.45) is 5.92 Å². The molecule has 0 aliphatic rings. The SMILES string of the molecule is CCCCCCCCCCCCCCCC(=O)Nc1cc(NC(=O)C(Cc2ccccc2)C(=O)OCC)ccc1OCCCCC(=O)OCC. The molecule has 2 aromatic carbocycles. The Labute approximate surface area is 300 Å². The molecule has 278 valence electrons. The van der Waals surface area contributed by atoms with Crippen molar-refractivity contribution in [3.63, 3.8) is 0 Å². The van der Waals surface area contributed by atoms with Gasteiger partial charge in [0.15, 0.2) is 0 Å². The number of rotatable bonds is 28. The highest BCUT2D eigenvalue weighted by atomic mass is 16.5. The first-order valence-electron chi connectivity index (χ1n) is 19.1. The van der Waals surface area contributed by atoms with E-state index in [0.717, 1.165) is 24.8 Å². The van der Waals surface area contributed by atoms with Gasteiger partial charge in [-0.1, -0.05) is 114 Å². The number of hydrogen-bond donors (Lipinski definition) is 2. The van der Waals surface area contributed by atoms with Crippen LogP contribution in [0.4, 0.5) is 11.4 Å². The van der Waals surface area contributed by atoms with Crippen molar-refractivity contribution >= 4 is 35.1 Å². The highest BCUT2D eigenvalue weighted by Crippen LogP contribution is 2.29. The summed E-state index contributed by atoms with van der Waals surface area (Å²) in [5.74, 6) is -2.03. The topological polar surface area (TPSA) is 120 Å². The number of anilines is 2. The summed E-state index contributed by atoms with van der Waals surface area (Å²) in [5.41, 5.74) is 1.69. The minimum Gasteiger partial charge on any atom is -0.491 e. The van der Waals surface area contributed by atoms with Crippen LogP contribution in [0.15, 0.2) is 48.5 Å². The van der Waals surface area contributed by atoms with E-state index in [-0.39, 0.29) is 24.9 Å². The van der Waals surface area contributed by atoms with Crippen LogP contribution in [0.2, 0.25) is 0 Å². The average molecular weight is 695 g/mol. The zero-order valence-corrected chi connectivity index (χ0v) is 30.9. The molecule has 9 nitrogen and oxygen atoms in total. The van der Waals surface area contributed by atoms with Gasteiger partial charge in [0.05, 0.1) is 25.5 Å². The second-order valence-corrected chi connectivity index (χ2v) is 12.8. The van der Waals surface area contributed by atoms with E-state index in [0.29, 0.717) is 56.0 Å². The predicted molar refractivity (Wildman–Crippen MR) is 200 cm³/mol. The predicted octanol–water partition coefficient (Wildman–Crippen LogP) is 9.58. The third-order valence-electron chi connectivity index (χ3n) is 8.54. The molecule has 0 heterocycles. The van der Waals surface area contributed by atoms with Gasteiger partial charge in [0.25, 0.3) is 0 Å². The van der Waals surface area contributed by atoms with Crippen molar-refractivity contribution in [3.05, 3.63) is 54.1 Å². The molecule has 2 aromatic rings. The summed E-state index contributed by atoms with van der Waals surface area (Å²) in [4.78, 5) is 50.8. The molecule has 2 rings (SSSR count). The number of esters is 2. The largest absolute Gasteiger partial charge is 0.491 e. The molecule has 0 saturated carbocycles. The van der Waals surface area contributed by atoms with Gasteiger partial charge < -0.3 is 24.8 Å². The van der Waals surface area contributed by atoms with E-state index in [1.165, 1.54) is 64.2 Å². The number of ether oxygens (including phenoxy) is 3. The van der Waals surface area contributed by atoms with Crippen LogP contribution in [-0.2, 0) is 35.1 Å². The Balaban J connectivity index is 1.95. The summed E-state index contributed by atoms with van der Waals surface area (Å²) < 4.78 is 16.2. The molecule has 0 aliphatic heterocycles. The summed E-state index contributed by atoms with van der Waals surface area (Å²) in [6, 6.07) is 14.3. The summed E-state index contributed by atoms with van der Waals surface area (Å²) in [6.45, 7) is 6.60. The molecule has 2 N–H and O–H groups in total. The third-order valence-corrected chi connectivity index (χ3v) is 8.54. The molecule has 0 radical (unpaired) electrons. The normalized spacial score (nSPS) is 11.4. The van der Waals surface area contributed by atoms with Gasteiger partial charge in [-0.05, 0) is 63.3 Å². The van der Waals surface area contributed by atoms with Gasteiger partial charge in [0.2, 0.25) is 11.8 Å². The molecule has 0 saturated heterocycles. The molecule has 50 heavy (non-hydrogen) atoms. The van der Waals surface area contributed by atoms with Crippen molar-refractivity contribution in [3.8, 4) is 5.75 Å². The number of unbranched alkanes of at least 4 members (excludes halogenated alkanes) is 13. The molecule has 2 amide bonds. The van der Waals surface area contributed by atoms with Crippen molar-refractivity contribution in [2.45, 2.75) is 136 Å². The van der Waals surface area contributed by atoms with Crippen molar-refractivity contribution < 1.29 is 33.4 Å². The Kier molecular flexibility index (Phi) is 22.8. The van der Waals surface area contributed by atoms with Crippen LogP contribution in [0.1, 0.15) is 135 Å². The van der Waals surface area contributed by atoms with E-state index in [1.807, 2.05) is 30.3 Å². The summed E-state index contributed by atoms with van der Waals surface area (Å²) in [6.07, 6.45) is 18.2. The van der Waals surface area contributed by atoms with E-state index < -0.39 is 17.8 Å². The standard InChI is InChI=1S/C41H62N2O7/c1-4-7-8-9-10-11-12-13-14-15-16-17-21-26-38(44)43-36-32-34(28-29-37(36)50-30-23-22-27-39(45)48-5-2)42-40(46)35(41(47)49-6-3)31-33-24-19-18-20-25-33/h18-20,24-25,28-29,32,35H,4-17,21-23,26-27,30-31H2,1-3H3,(H,42,46)(H,43,44). The van der Waals surface area contributed by atoms with Crippen LogP contribution in [-0.4, -0.2) is 43.6 Å². The van der Waals surface area contributed by atoms with E-state index >= 15 is 0 Å². The Morgan fingerprint density at radius 3 is 1.86 bits per heavy atom. The van der Waals surface area contributed by atoms with Gasteiger partial charge in [-0.25, -0.2) is 0 Å². The zero-order valence-electron chi connectivity index (χ0n) is 30.9. The van der Waals surface area contributed by atoms with Gasteiger partial charge in [-0.2, -0.15) is 0 Å². The van der Waals surface area contributed by atoms with Crippen LogP contribution in [0.5, 0.6) is 5.75 Å². The van der Waals surface area contributed by atoms with Gasteiger partial charge in [-0.15, -0.1) is 0 Å². The minimum atomic E-state index is -1.04. The zero-order chi connectivity index (χ0) is 36.2. The lowest BCUT2D eigenvalue weighted by Gasteiger charge is -2.18. The Bertz CT molecular complexity index is 1250. The fraction of sp³-hybridized carbons (Fsp3) is 0.610. The smallest absolute Gasteiger partial charge is 0.318 e. The van der Waals surface area contributed by atoms with E-state index in [9.17, 15) is 19.2 Å². The molecule has 0 fully saturated rings. The number of carbonyl (C=O) groups excluding carboxylic acids is 4. The molecule has 1 unspecified atom stereocenters. The lowest BCUT2D eigenvalue weighted by molar-refractivity contribution is -0.151.